The molecule has 8 heteroatoms. The summed E-state index contributed by atoms with van der Waals surface area (Å²) in [6.07, 6.45) is 3.42. The minimum absolute atomic E-state index is 0.277. The highest BCUT2D eigenvalue weighted by Crippen LogP contribution is 2.24. The summed E-state index contributed by atoms with van der Waals surface area (Å²) >= 11 is 0. The molecule has 0 aromatic carbocycles. The Kier molecular flexibility index (Phi) is 4.67. The highest BCUT2D eigenvalue weighted by molar-refractivity contribution is 6.04. The smallest absolute Gasteiger partial charge is 0.410 e. The Labute approximate surface area is 152 Å². The van der Waals surface area contributed by atoms with Crippen LogP contribution >= 0.6 is 0 Å². The molecule has 0 saturated carbocycles. The van der Waals surface area contributed by atoms with E-state index in [0.29, 0.717) is 30.9 Å². The summed E-state index contributed by atoms with van der Waals surface area (Å²) in [7, 11) is 1.78. The third-order valence-corrected chi connectivity index (χ3v) is 4.03. The van der Waals surface area contributed by atoms with Gasteiger partial charge in [-0.3, -0.25) is 14.5 Å². The Morgan fingerprint density at radius 1 is 1.31 bits per heavy atom. The minimum Gasteiger partial charge on any atom is -0.444 e. The second-order valence-electron chi connectivity index (χ2n) is 7.25. The molecule has 8 nitrogen and oxygen atoms in total. The molecule has 2 aromatic rings. The molecule has 0 aliphatic carbocycles. The van der Waals surface area contributed by atoms with Crippen molar-refractivity contribution < 1.29 is 14.3 Å². The molecule has 0 radical (unpaired) electrons. The average molecular weight is 357 g/mol. The van der Waals surface area contributed by atoms with Gasteiger partial charge in [0.25, 0.3) is 5.91 Å². The SMILES string of the molecule is Cn1nc(C(=O)Nc2cccnc2)c2c1CN(C(=O)OC(C)(C)C)CC2. The van der Waals surface area contributed by atoms with Gasteiger partial charge in [0.15, 0.2) is 5.69 Å². The molecule has 2 amide bonds. The van der Waals surface area contributed by atoms with Crippen molar-refractivity contribution in [2.24, 2.45) is 7.05 Å². The number of aryl methyl sites for hydroxylation is 1. The fourth-order valence-corrected chi connectivity index (χ4v) is 2.86. The minimum atomic E-state index is -0.543. The third kappa shape index (κ3) is 3.84. The standard InChI is InChI=1S/C18H23N5O3/c1-18(2,3)26-17(25)23-9-7-13-14(11-23)22(4)21-15(13)16(24)20-12-6-5-8-19-10-12/h5-6,8,10H,7,9,11H2,1-4H3,(H,20,24). The van der Waals surface area contributed by atoms with Crippen molar-refractivity contribution in [2.45, 2.75) is 39.3 Å². The second kappa shape index (κ2) is 6.78. The summed E-state index contributed by atoms with van der Waals surface area (Å²) in [4.78, 5) is 30.5. The van der Waals surface area contributed by atoms with E-state index in [1.165, 1.54) is 0 Å². The molecular formula is C18H23N5O3. The van der Waals surface area contributed by atoms with Gasteiger partial charge in [0, 0.05) is 25.4 Å². The number of hydrogen-bond acceptors (Lipinski definition) is 5. The summed E-state index contributed by atoms with van der Waals surface area (Å²) in [5.41, 5.74) is 2.17. The summed E-state index contributed by atoms with van der Waals surface area (Å²) < 4.78 is 7.09. The molecular weight excluding hydrogens is 334 g/mol. The topological polar surface area (TPSA) is 89.4 Å². The lowest BCUT2D eigenvalue weighted by Crippen LogP contribution is -2.40. The van der Waals surface area contributed by atoms with Crippen LogP contribution in [-0.2, 0) is 24.8 Å². The molecule has 0 fully saturated rings. The summed E-state index contributed by atoms with van der Waals surface area (Å²) in [5.74, 6) is -0.277. The molecule has 0 spiro atoms. The molecule has 26 heavy (non-hydrogen) atoms. The van der Waals surface area contributed by atoms with Crippen LogP contribution in [0, 0.1) is 0 Å². The predicted molar refractivity (Wildman–Crippen MR) is 95.7 cm³/mol. The lowest BCUT2D eigenvalue weighted by atomic mass is 10.0. The lowest BCUT2D eigenvalue weighted by Gasteiger charge is -2.30. The zero-order chi connectivity index (χ0) is 18.9. The van der Waals surface area contributed by atoms with Gasteiger partial charge in [-0.15, -0.1) is 0 Å². The first-order valence-corrected chi connectivity index (χ1v) is 8.48. The highest BCUT2D eigenvalue weighted by atomic mass is 16.6. The Bertz CT molecular complexity index is 823. The van der Waals surface area contributed by atoms with Crippen LogP contribution in [0.25, 0.3) is 0 Å². The van der Waals surface area contributed by atoms with E-state index in [0.717, 1.165) is 11.3 Å². The number of carbonyl (C=O) groups excluding carboxylic acids is 2. The zero-order valence-corrected chi connectivity index (χ0v) is 15.4. The molecule has 0 saturated heterocycles. The molecule has 0 unspecified atom stereocenters. The van der Waals surface area contributed by atoms with Crippen molar-refractivity contribution in [3.05, 3.63) is 41.5 Å². The summed E-state index contributed by atoms with van der Waals surface area (Å²) in [6, 6.07) is 3.52. The molecule has 3 rings (SSSR count). The van der Waals surface area contributed by atoms with Gasteiger partial charge in [0.2, 0.25) is 0 Å². The maximum absolute atomic E-state index is 12.6. The van der Waals surface area contributed by atoms with Crippen LogP contribution in [-0.4, -0.2) is 43.8 Å². The van der Waals surface area contributed by atoms with E-state index in [1.54, 1.807) is 41.2 Å². The number of hydrogen-bond donors (Lipinski definition) is 1. The number of amides is 2. The molecule has 1 aliphatic rings. The quantitative estimate of drug-likeness (QED) is 0.891. The number of rotatable bonds is 2. The number of fused-ring (bicyclic) bond motifs is 1. The van der Waals surface area contributed by atoms with E-state index in [2.05, 4.69) is 15.4 Å². The highest BCUT2D eigenvalue weighted by Gasteiger charge is 2.31. The molecule has 1 aliphatic heterocycles. The van der Waals surface area contributed by atoms with Crippen LogP contribution in [0.2, 0.25) is 0 Å². The summed E-state index contributed by atoms with van der Waals surface area (Å²) in [5, 5.41) is 7.17. The van der Waals surface area contributed by atoms with Gasteiger partial charge in [-0.25, -0.2) is 4.79 Å². The fourth-order valence-electron chi connectivity index (χ4n) is 2.86. The maximum Gasteiger partial charge on any atom is 0.410 e. The molecule has 3 heterocycles. The molecule has 1 N–H and O–H groups in total. The van der Waals surface area contributed by atoms with E-state index in [4.69, 9.17) is 4.74 Å². The van der Waals surface area contributed by atoms with Gasteiger partial charge in [0.05, 0.1) is 24.1 Å². The predicted octanol–water partition coefficient (Wildman–Crippen LogP) is 2.36. The first kappa shape index (κ1) is 17.9. The van der Waals surface area contributed by atoms with E-state index in [9.17, 15) is 9.59 Å². The Morgan fingerprint density at radius 3 is 2.73 bits per heavy atom. The third-order valence-electron chi connectivity index (χ3n) is 4.03. The van der Waals surface area contributed by atoms with Crippen molar-refractivity contribution in [3.8, 4) is 0 Å². The van der Waals surface area contributed by atoms with Crippen LogP contribution < -0.4 is 5.32 Å². The Balaban J connectivity index is 1.77. The first-order valence-electron chi connectivity index (χ1n) is 8.48. The van der Waals surface area contributed by atoms with Gasteiger partial charge in [0.1, 0.15) is 5.60 Å². The molecule has 2 aromatic heterocycles. The first-order chi connectivity index (χ1) is 12.2. The van der Waals surface area contributed by atoms with E-state index >= 15 is 0 Å². The number of nitrogens with one attached hydrogen (secondary N) is 1. The van der Waals surface area contributed by atoms with Crippen LogP contribution in [0.1, 0.15) is 42.5 Å². The number of carbonyl (C=O) groups is 2. The van der Waals surface area contributed by atoms with Crippen molar-refractivity contribution >= 4 is 17.7 Å². The molecule has 0 bridgehead atoms. The average Bonchev–Trinajstić information content (AvgIpc) is 2.91. The zero-order valence-electron chi connectivity index (χ0n) is 15.4. The number of pyridine rings is 1. The molecule has 138 valence electrons. The maximum atomic E-state index is 12.6. The van der Waals surface area contributed by atoms with Gasteiger partial charge >= 0.3 is 6.09 Å². The normalized spacial score (nSPS) is 13.9. The number of nitrogens with zero attached hydrogens (tertiary/aromatic N) is 4. The molecule has 0 atom stereocenters. The van der Waals surface area contributed by atoms with Crippen molar-refractivity contribution in [1.82, 2.24) is 19.7 Å². The van der Waals surface area contributed by atoms with E-state index in [1.807, 2.05) is 20.8 Å². The largest absolute Gasteiger partial charge is 0.444 e. The van der Waals surface area contributed by atoms with Gasteiger partial charge in [-0.05, 0) is 39.3 Å². The van der Waals surface area contributed by atoms with Crippen molar-refractivity contribution in [2.75, 3.05) is 11.9 Å². The number of aromatic nitrogens is 3. The lowest BCUT2D eigenvalue weighted by molar-refractivity contribution is 0.0219. The fraction of sp³-hybridized carbons (Fsp3) is 0.444. The van der Waals surface area contributed by atoms with Gasteiger partial charge in [-0.1, -0.05) is 0 Å². The van der Waals surface area contributed by atoms with Crippen LogP contribution in [0.5, 0.6) is 0 Å². The Hall–Kier alpha value is -2.90. The van der Waals surface area contributed by atoms with Crippen molar-refractivity contribution in [3.63, 3.8) is 0 Å². The number of anilines is 1. The summed E-state index contributed by atoms with van der Waals surface area (Å²) in [6.45, 7) is 6.37. The Morgan fingerprint density at radius 2 is 2.08 bits per heavy atom. The number of ether oxygens (including phenoxy) is 1. The van der Waals surface area contributed by atoms with E-state index in [-0.39, 0.29) is 12.0 Å². The second-order valence-corrected chi connectivity index (χ2v) is 7.25. The van der Waals surface area contributed by atoms with Gasteiger partial charge in [-0.2, -0.15) is 5.10 Å². The monoisotopic (exact) mass is 357 g/mol. The van der Waals surface area contributed by atoms with Crippen LogP contribution in [0.3, 0.4) is 0 Å². The van der Waals surface area contributed by atoms with Crippen molar-refractivity contribution in [1.29, 1.82) is 0 Å². The van der Waals surface area contributed by atoms with Crippen LogP contribution in [0.15, 0.2) is 24.5 Å². The van der Waals surface area contributed by atoms with Gasteiger partial charge < -0.3 is 15.0 Å². The van der Waals surface area contributed by atoms with Crippen LogP contribution in [0.4, 0.5) is 10.5 Å². The van der Waals surface area contributed by atoms with E-state index < -0.39 is 5.60 Å².